The van der Waals surface area contributed by atoms with Crippen LogP contribution in [0.1, 0.15) is 34.1 Å². The maximum atomic E-state index is 12.6. The molecule has 1 aromatic carbocycles. The molecule has 0 bridgehead atoms. The van der Waals surface area contributed by atoms with Gasteiger partial charge >= 0.3 is 0 Å². The van der Waals surface area contributed by atoms with Crippen molar-refractivity contribution in [1.29, 1.82) is 0 Å². The third kappa shape index (κ3) is 3.52. The minimum absolute atomic E-state index is 0.000568. The van der Waals surface area contributed by atoms with Crippen molar-refractivity contribution in [3.63, 3.8) is 0 Å². The van der Waals surface area contributed by atoms with Gasteiger partial charge in [-0.25, -0.2) is 4.98 Å². The average molecular weight is 380 g/mol. The van der Waals surface area contributed by atoms with Gasteiger partial charge in [-0.2, -0.15) is 0 Å². The summed E-state index contributed by atoms with van der Waals surface area (Å²) in [6.45, 7) is 5.02. The van der Waals surface area contributed by atoms with Crippen LogP contribution in [0.25, 0.3) is 10.9 Å². The van der Waals surface area contributed by atoms with Crippen molar-refractivity contribution in [1.82, 2.24) is 20.2 Å². The van der Waals surface area contributed by atoms with Gasteiger partial charge in [-0.15, -0.1) is 0 Å². The number of amides is 2. The molecule has 3 heterocycles. The van der Waals surface area contributed by atoms with Crippen molar-refractivity contribution in [3.05, 3.63) is 53.4 Å². The molecule has 2 N–H and O–H groups in total. The van der Waals surface area contributed by atoms with E-state index in [2.05, 4.69) is 21.4 Å². The number of oxazole rings is 1. The zero-order chi connectivity index (χ0) is 19.7. The molecular weight excluding hydrogens is 356 g/mol. The molecule has 0 aliphatic carbocycles. The van der Waals surface area contributed by atoms with Crippen LogP contribution in [0.15, 0.2) is 34.9 Å². The first kappa shape index (κ1) is 18.3. The van der Waals surface area contributed by atoms with Gasteiger partial charge in [-0.1, -0.05) is 18.2 Å². The normalized spacial score (nSPS) is 16.6. The Morgan fingerprint density at radius 1 is 1.32 bits per heavy atom. The third-order valence-electron chi connectivity index (χ3n) is 5.31. The Morgan fingerprint density at radius 2 is 2.14 bits per heavy atom. The van der Waals surface area contributed by atoms with Crippen molar-refractivity contribution < 1.29 is 14.0 Å². The van der Waals surface area contributed by atoms with Crippen LogP contribution in [0.3, 0.4) is 0 Å². The Morgan fingerprint density at radius 3 is 2.93 bits per heavy atom. The molecular formula is C21H24N4O3. The van der Waals surface area contributed by atoms with E-state index in [9.17, 15) is 9.59 Å². The molecule has 146 valence electrons. The van der Waals surface area contributed by atoms with Gasteiger partial charge in [0.2, 0.25) is 11.7 Å². The van der Waals surface area contributed by atoms with Crippen molar-refractivity contribution in [2.24, 2.45) is 5.92 Å². The Balaban J connectivity index is 1.30. The number of aromatic amines is 1. The lowest BCUT2D eigenvalue weighted by molar-refractivity contribution is -0.124. The number of para-hydroxylation sites is 1. The summed E-state index contributed by atoms with van der Waals surface area (Å²) in [4.78, 5) is 34.2. The summed E-state index contributed by atoms with van der Waals surface area (Å²) in [7, 11) is 0. The fourth-order valence-corrected chi connectivity index (χ4v) is 3.84. The molecule has 28 heavy (non-hydrogen) atoms. The zero-order valence-electron chi connectivity index (χ0n) is 16.1. The number of fused-ring (bicyclic) bond motifs is 1. The number of aromatic nitrogens is 2. The van der Waals surface area contributed by atoms with Gasteiger partial charge in [0.05, 0.1) is 11.6 Å². The van der Waals surface area contributed by atoms with Crippen LogP contribution in [0.2, 0.25) is 0 Å². The summed E-state index contributed by atoms with van der Waals surface area (Å²) < 4.78 is 5.42. The van der Waals surface area contributed by atoms with Gasteiger partial charge in [0.15, 0.2) is 5.89 Å². The van der Waals surface area contributed by atoms with E-state index in [1.54, 1.807) is 18.7 Å². The van der Waals surface area contributed by atoms with Crippen molar-refractivity contribution in [3.8, 4) is 0 Å². The number of nitrogens with one attached hydrogen (secondary N) is 2. The first-order valence-corrected chi connectivity index (χ1v) is 9.59. The van der Waals surface area contributed by atoms with E-state index < -0.39 is 0 Å². The Bertz CT molecular complexity index is 1020. The molecule has 0 spiro atoms. The van der Waals surface area contributed by atoms with Crippen molar-refractivity contribution in [2.45, 2.75) is 26.7 Å². The van der Waals surface area contributed by atoms with E-state index in [1.807, 2.05) is 24.4 Å². The molecule has 2 aromatic heterocycles. The summed E-state index contributed by atoms with van der Waals surface area (Å²) in [5.41, 5.74) is 2.89. The summed E-state index contributed by atoms with van der Waals surface area (Å²) in [5.74, 6) is 0.383. The average Bonchev–Trinajstić information content (AvgIpc) is 3.40. The van der Waals surface area contributed by atoms with Crippen LogP contribution in [-0.2, 0) is 11.2 Å². The minimum Gasteiger partial charge on any atom is -0.436 e. The first-order chi connectivity index (χ1) is 13.5. The lowest BCUT2D eigenvalue weighted by Gasteiger charge is -2.15. The highest BCUT2D eigenvalue weighted by molar-refractivity contribution is 5.93. The van der Waals surface area contributed by atoms with Gasteiger partial charge in [0.25, 0.3) is 5.91 Å². The van der Waals surface area contributed by atoms with Gasteiger partial charge in [0.1, 0.15) is 0 Å². The third-order valence-corrected chi connectivity index (χ3v) is 5.31. The van der Waals surface area contributed by atoms with E-state index in [4.69, 9.17) is 4.42 Å². The molecule has 1 saturated heterocycles. The van der Waals surface area contributed by atoms with Crippen LogP contribution in [0.4, 0.5) is 0 Å². The molecule has 0 radical (unpaired) electrons. The molecule has 2 amide bonds. The highest BCUT2D eigenvalue weighted by Crippen LogP contribution is 2.21. The largest absolute Gasteiger partial charge is 0.436 e. The Kier molecular flexibility index (Phi) is 4.90. The number of hydrogen-bond donors (Lipinski definition) is 2. The second-order valence-corrected chi connectivity index (χ2v) is 7.28. The number of rotatable bonds is 5. The van der Waals surface area contributed by atoms with Crippen LogP contribution in [-0.4, -0.2) is 46.3 Å². The topological polar surface area (TPSA) is 91.2 Å². The molecule has 0 saturated carbocycles. The predicted molar refractivity (Wildman–Crippen MR) is 105 cm³/mol. The lowest BCUT2D eigenvalue weighted by Crippen LogP contribution is -2.35. The number of carbonyl (C=O) groups is 2. The standard InChI is InChI=1S/C21H24N4O3/c1-13-19(28-14(2)24-13)21(27)25-10-8-16(12-25)20(26)22-9-7-15-11-23-18-6-4-3-5-17(15)18/h3-6,11,16,23H,7-10,12H2,1-2H3,(H,22,26)/t16-/m0/s1. The van der Waals surface area contributed by atoms with Crippen LogP contribution in [0, 0.1) is 19.8 Å². The van der Waals surface area contributed by atoms with Gasteiger partial charge in [0, 0.05) is 43.7 Å². The second-order valence-electron chi connectivity index (χ2n) is 7.28. The van der Waals surface area contributed by atoms with Crippen LogP contribution >= 0.6 is 0 Å². The van der Waals surface area contributed by atoms with Gasteiger partial charge in [-0.3, -0.25) is 9.59 Å². The highest BCUT2D eigenvalue weighted by atomic mass is 16.4. The maximum absolute atomic E-state index is 12.6. The van der Waals surface area contributed by atoms with Crippen LogP contribution in [0.5, 0.6) is 0 Å². The van der Waals surface area contributed by atoms with E-state index in [1.165, 1.54) is 10.9 Å². The lowest BCUT2D eigenvalue weighted by atomic mass is 10.1. The SMILES string of the molecule is Cc1nc(C)c(C(=O)N2CC[C@H](C(=O)NCCc3c[nH]c4ccccc34)C2)o1. The van der Waals surface area contributed by atoms with E-state index >= 15 is 0 Å². The second kappa shape index (κ2) is 7.50. The number of carbonyl (C=O) groups excluding carboxylic acids is 2. The molecule has 3 aromatic rings. The molecule has 1 atom stereocenters. The number of benzene rings is 1. The number of likely N-dealkylation sites (tertiary alicyclic amines) is 1. The fraction of sp³-hybridized carbons (Fsp3) is 0.381. The summed E-state index contributed by atoms with van der Waals surface area (Å²) in [5, 5.41) is 4.20. The predicted octanol–water partition coefficient (Wildman–Crippen LogP) is 2.59. The summed E-state index contributed by atoms with van der Waals surface area (Å²) in [6.07, 6.45) is 3.42. The van der Waals surface area contributed by atoms with E-state index in [-0.39, 0.29) is 23.5 Å². The van der Waals surface area contributed by atoms with Crippen molar-refractivity contribution in [2.75, 3.05) is 19.6 Å². The van der Waals surface area contributed by atoms with Gasteiger partial charge < -0.3 is 19.6 Å². The molecule has 7 nitrogen and oxygen atoms in total. The maximum Gasteiger partial charge on any atom is 0.291 e. The molecule has 1 fully saturated rings. The van der Waals surface area contributed by atoms with Gasteiger partial charge in [-0.05, 0) is 31.4 Å². The Hall–Kier alpha value is -3.09. The number of H-pyrrole nitrogens is 1. The van der Waals surface area contributed by atoms with E-state index in [0.29, 0.717) is 37.6 Å². The monoisotopic (exact) mass is 380 g/mol. The summed E-state index contributed by atoms with van der Waals surface area (Å²) in [6, 6.07) is 8.13. The molecule has 4 rings (SSSR count). The molecule has 1 aliphatic heterocycles. The smallest absolute Gasteiger partial charge is 0.291 e. The Labute approximate surface area is 163 Å². The molecule has 0 unspecified atom stereocenters. The molecule has 7 heteroatoms. The molecule has 1 aliphatic rings. The zero-order valence-corrected chi connectivity index (χ0v) is 16.1. The minimum atomic E-state index is -0.188. The van der Waals surface area contributed by atoms with E-state index in [0.717, 1.165) is 11.9 Å². The number of aryl methyl sites for hydroxylation is 2. The summed E-state index contributed by atoms with van der Waals surface area (Å²) >= 11 is 0. The first-order valence-electron chi connectivity index (χ1n) is 9.59. The number of hydrogen-bond acceptors (Lipinski definition) is 4. The quantitative estimate of drug-likeness (QED) is 0.712. The number of nitrogens with zero attached hydrogens (tertiary/aromatic N) is 2. The van der Waals surface area contributed by atoms with Crippen LogP contribution < -0.4 is 5.32 Å². The van der Waals surface area contributed by atoms with Crippen molar-refractivity contribution >= 4 is 22.7 Å². The highest BCUT2D eigenvalue weighted by Gasteiger charge is 2.33. The fourth-order valence-electron chi connectivity index (χ4n) is 3.84.